The van der Waals surface area contributed by atoms with Gasteiger partial charge in [-0.3, -0.25) is 0 Å². The summed E-state index contributed by atoms with van der Waals surface area (Å²) < 4.78 is 13.7. The topological polar surface area (TPSA) is 20.2 Å². The second-order valence-corrected chi connectivity index (χ2v) is 5.48. The van der Waals surface area contributed by atoms with Crippen molar-refractivity contribution in [2.75, 3.05) is 12.0 Å². The highest BCUT2D eigenvalue weighted by Gasteiger charge is 2.10. The molecule has 1 rings (SSSR count). The van der Waals surface area contributed by atoms with Crippen LogP contribution < -0.4 is 0 Å². The molecule has 1 aromatic rings. The second kappa shape index (κ2) is 7.30. The van der Waals surface area contributed by atoms with Gasteiger partial charge in [0.15, 0.2) is 0 Å². The van der Waals surface area contributed by atoms with Crippen molar-refractivity contribution in [1.82, 2.24) is 0 Å². The molecule has 4 heteroatoms. The molecular formula is C12H16BrFOS. The van der Waals surface area contributed by atoms with E-state index in [0.29, 0.717) is 10.9 Å². The smallest absolute Gasteiger partial charge is 0.137 e. The molecule has 0 heterocycles. The predicted octanol–water partition coefficient (Wildman–Crippen LogP) is 3.63. The van der Waals surface area contributed by atoms with Crippen molar-refractivity contribution in [3.63, 3.8) is 0 Å². The number of aliphatic hydroxyl groups is 1. The zero-order valence-corrected chi connectivity index (χ0v) is 11.7. The molecule has 1 atom stereocenters. The first-order valence-corrected chi connectivity index (χ1v) is 7.43. The lowest BCUT2D eigenvalue weighted by atomic mass is 10.0. The molecule has 16 heavy (non-hydrogen) atoms. The summed E-state index contributed by atoms with van der Waals surface area (Å²) in [7, 11) is 0. The standard InChI is InChI=1S/C12H16BrFOS/c1-16-7-3-5-10(15)8-9-4-2-6-11(14)12(9)13/h2,4,6,10,15H,3,5,7-8H2,1H3. The van der Waals surface area contributed by atoms with E-state index in [1.54, 1.807) is 17.8 Å². The van der Waals surface area contributed by atoms with Gasteiger partial charge in [0.2, 0.25) is 0 Å². The minimum Gasteiger partial charge on any atom is -0.393 e. The first kappa shape index (κ1) is 14.0. The molecule has 1 unspecified atom stereocenters. The Hall–Kier alpha value is -0.0600. The van der Waals surface area contributed by atoms with E-state index >= 15 is 0 Å². The second-order valence-electron chi connectivity index (χ2n) is 3.71. The number of halogens is 2. The highest BCUT2D eigenvalue weighted by atomic mass is 79.9. The maximum Gasteiger partial charge on any atom is 0.137 e. The van der Waals surface area contributed by atoms with Gasteiger partial charge in [0, 0.05) is 0 Å². The van der Waals surface area contributed by atoms with Crippen molar-refractivity contribution < 1.29 is 9.50 Å². The molecular weight excluding hydrogens is 291 g/mol. The number of hydrogen-bond acceptors (Lipinski definition) is 2. The van der Waals surface area contributed by atoms with Gasteiger partial charge in [-0.05, 0) is 58.8 Å². The zero-order chi connectivity index (χ0) is 12.0. The summed E-state index contributed by atoms with van der Waals surface area (Å²) in [5.41, 5.74) is 0.830. The van der Waals surface area contributed by atoms with Crippen LogP contribution in [0.1, 0.15) is 18.4 Å². The van der Waals surface area contributed by atoms with Crippen LogP contribution in [0.5, 0.6) is 0 Å². The lowest BCUT2D eigenvalue weighted by Crippen LogP contribution is -2.11. The van der Waals surface area contributed by atoms with E-state index in [4.69, 9.17) is 0 Å². The number of rotatable bonds is 6. The predicted molar refractivity (Wildman–Crippen MR) is 71.4 cm³/mol. The van der Waals surface area contributed by atoms with Gasteiger partial charge in [0.05, 0.1) is 10.6 Å². The van der Waals surface area contributed by atoms with Crippen molar-refractivity contribution in [3.8, 4) is 0 Å². The Labute approximate surface area is 109 Å². The number of benzene rings is 1. The molecule has 0 saturated heterocycles. The Bertz CT molecular complexity index is 333. The van der Waals surface area contributed by atoms with E-state index in [1.807, 2.05) is 6.07 Å². The largest absolute Gasteiger partial charge is 0.393 e. The fourth-order valence-corrected chi connectivity index (χ4v) is 2.41. The molecule has 0 aliphatic rings. The van der Waals surface area contributed by atoms with E-state index in [-0.39, 0.29) is 11.9 Å². The number of hydrogen-bond donors (Lipinski definition) is 1. The lowest BCUT2D eigenvalue weighted by molar-refractivity contribution is 0.164. The van der Waals surface area contributed by atoms with Crippen LogP contribution in [0.2, 0.25) is 0 Å². The highest BCUT2D eigenvalue weighted by Crippen LogP contribution is 2.22. The third kappa shape index (κ3) is 4.44. The van der Waals surface area contributed by atoms with E-state index in [9.17, 15) is 9.50 Å². The monoisotopic (exact) mass is 306 g/mol. The summed E-state index contributed by atoms with van der Waals surface area (Å²) in [6, 6.07) is 4.92. The average Bonchev–Trinajstić information content (AvgIpc) is 2.25. The first-order chi connectivity index (χ1) is 7.65. The van der Waals surface area contributed by atoms with Gasteiger partial charge in [-0.15, -0.1) is 0 Å². The normalized spacial score (nSPS) is 12.8. The van der Waals surface area contributed by atoms with Gasteiger partial charge in [-0.2, -0.15) is 11.8 Å². The lowest BCUT2D eigenvalue weighted by Gasteiger charge is -2.11. The maximum absolute atomic E-state index is 13.2. The minimum atomic E-state index is -0.384. The molecule has 0 spiro atoms. The van der Waals surface area contributed by atoms with E-state index in [1.165, 1.54) is 6.07 Å². The van der Waals surface area contributed by atoms with Gasteiger partial charge < -0.3 is 5.11 Å². The summed E-state index contributed by atoms with van der Waals surface area (Å²) in [5, 5.41) is 9.79. The molecule has 0 fully saturated rings. The third-order valence-electron chi connectivity index (χ3n) is 2.37. The maximum atomic E-state index is 13.2. The average molecular weight is 307 g/mol. The Morgan fingerprint density at radius 2 is 2.25 bits per heavy atom. The summed E-state index contributed by atoms with van der Waals surface area (Å²) in [6.45, 7) is 0. The van der Waals surface area contributed by atoms with Crippen LogP contribution in [-0.4, -0.2) is 23.2 Å². The summed E-state index contributed by atoms with van der Waals surface area (Å²) >= 11 is 4.98. The van der Waals surface area contributed by atoms with Crippen molar-refractivity contribution in [2.45, 2.75) is 25.4 Å². The summed E-state index contributed by atoms with van der Waals surface area (Å²) in [5.74, 6) is 0.787. The van der Waals surface area contributed by atoms with Crippen LogP contribution in [0.4, 0.5) is 4.39 Å². The van der Waals surface area contributed by atoms with Crippen molar-refractivity contribution in [1.29, 1.82) is 0 Å². The molecule has 0 aliphatic heterocycles. The summed E-state index contributed by atoms with van der Waals surface area (Å²) in [6.07, 6.45) is 3.94. The number of thioether (sulfide) groups is 1. The molecule has 0 amide bonds. The quantitative estimate of drug-likeness (QED) is 0.810. The van der Waals surface area contributed by atoms with Gasteiger partial charge in [0.25, 0.3) is 0 Å². The van der Waals surface area contributed by atoms with Gasteiger partial charge in [-0.25, -0.2) is 4.39 Å². The summed E-state index contributed by atoms with van der Waals surface area (Å²) in [4.78, 5) is 0. The van der Waals surface area contributed by atoms with E-state index in [2.05, 4.69) is 22.2 Å². The molecule has 0 saturated carbocycles. The Morgan fingerprint density at radius 3 is 2.94 bits per heavy atom. The third-order valence-corrected chi connectivity index (χ3v) is 3.96. The SMILES string of the molecule is CSCCCC(O)Cc1cccc(F)c1Br. The van der Waals surface area contributed by atoms with Gasteiger partial charge in [-0.1, -0.05) is 12.1 Å². The highest BCUT2D eigenvalue weighted by molar-refractivity contribution is 9.10. The van der Waals surface area contributed by atoms with E-state index < -0.39 is 0 Å². The molecule has 1 N–H and O–H groups in total. The van der Waals surface area contributed by atoms with Crippen LogP contribution >= 0.6 is 27.7 Å². The Morgan fingerprint density at radius 1 is 1.50 bits per heavy atom. The molecule has 0 aliphatic carbocycles. The fourth-order valence-electron chi connectivity index (χ4n) is 1.53. The molecule has 90 valence electrons. The van der Waals surface area contributed by atoms with E-state index in [0.717, 1.165) is 24.2 Å². The molecule has 0 aromatic heterocycles. The molecule has 0 bridgehead atoms. The van der Waals surface area contributed by atoms with Crippen LogP contribution in [-0.2, 0) is 6.42 Å². The van der Waals surface area contributed by atoms with Crippen molar-refractivity contribution >= 4 is 27.7 Å². The van der Waals surface area contributed by atoms with Crippen LogP contribution in [0.3, 0.4) is 0 Å². The van der Waals surface area contributed by atoms with Gasteiger partial charge in [0.1, 0.15) is 5.82 Å². The number of aliphatic hydroxyl groups excluding tert-OH is 1. The van der Waals surface area contributed by atoms with Crippen LogP contribution in [0.15, 0.2) is 22.7 Å². The van der Waals surface area contributed by atoms with Crippen LogP contribution in [0, 0.1) is 5.82 Å². The molecule has 1 aromatic carbocycles. The Kier molecular flexibility index (Phi) is 6.39. The van der Waals surface area contributed by atoms with Gasteiger partial charge >= 0.3 is 0 Å². The molecule has 1 nitrogen and oxygen atoms in total. The van der Waals surface area contributed by atoms with Crippen molar-refractivity contribution in [2.24, 2.45) is 0 Å². The fraction of sp³-hybridized carbons (Fsp3) is 0.500. The molecule has 0 radical (unpaired) electrons. The Balaban J connectivity index is 2.49. The zero-order valence-electron chi connectivity index (χ0n) is 9.25. The minimum absolute atomic E-state index is 0.270. The van der Waals surface area contributed by atoms with Crippen LogP contribution in [0.25, 0.3) is 0 Å². The van der Waals surface area contributed by atoms with Crippen molar-refractivity contribution in [3.05, 3.63) is 34.1 Å². The first-order valence-electron chi connectivity index (χ1n) is 5.25.